The molecule has 0 radical (unpaired) electrons. The normalized spacial score (nSPS) is 14.9. The molecule has 0 atom stereocenters. The number of piperidine rings is 1. The van der Waals surface area contributed by atoms with Gasteiger partial charge in [-0.2, -0.15) is 4.31 Å². The topological polar surface area (TPSA) is 98.1 Å². The molecule has 170 valence electrons. The van der Waals surface area contributed by atoms with Crippen LogP contribution < -0.4 is 14.8 Å². The number of rotatable bonds is 7. The number of benzene rings is 2. The fourth-order valence-electron chi connectivity index (χ4n) is 3.91. The molecule has 0 saturated carbocycles. The third-order valence-corrected chi connectivity index (χ3v) is 7.51. The Hall–Kier alpha value is -3.04. The third kappa shape index (κ3) is 4.44. The highest BCUT2D eigenvalue weighted by Gasteiger charge is 2.29. The summed E-state index contributed by atoms with van der Waals surface area (Å²) in [5.74, 6) is 0.641. The molecule has 2 heterocycles. The number of fused-ring (bicyclic) bond motifs is 1. The molecule has 8 nitrogen and oxygen atoms in total. The Morgan fingerprint density at radius 1 is 1.06 bits per heavy atom. The molecule has 1 saturated heterocycles. The maximum Gasteiger partial charge on any atom is 0.246 e. The first-order valence-corrected chi connectivity index (χ1v) is 11.9. The van der Waals surface area contributed by atoms with Crippen LogP contribution in [-0.4, -0.2) is 45.9 Å². The average Bonchev–Trinajstić information content (AvgIpc) is 3.21. The van der Waals surface area contributed by atoms with Crippen LogP contribution in [0.3, 0.4) is 0 Å². The zero-order valence-electron chi connectivity index (χ0n) is 18.1. The largest absolute Gasteiger partial charge is 0.497 e. The summed E-state index contributed by atoms with van der Waals surface area (Å²) < 4.78 is 43.8. The van der Waals surface area contributed by atoms with Crippen molar-refractivity contribution in [1.82, 2.24) is 4.31 Å². The minimum Gasteiger partial charge on any atom is -0.497 e. The lowest BCUT2D eigenvalue weighted by Gasteiger charge is -2.26. The van der Waals surface area contributed by atoms with Crippen LogP contribution in [0, 0.1) is 0 Å². The lowest BCUT2D eigenvalue weighted by Crippen LogP contribution is -2.35. The second kappa shape index (κ2) is 9.22. The summed E-state index contributed by atoms with van der Waals surface area (Å²) >= 11 is 0. The molecule has 3 aromatic rings. The fourth-order valence-corrected chi connectivity index (χ4v) is 5.60. The van der Waals surface area contributed by atoms with E-state index in [0.717, 1.165) is 30.2 Å². The van der Waals surface area contributed by atoms with Crippen LogP contribution in [0.15, 0.2) is 52.0 Å². The smallest absolute Gasteiger partial charge is 0.246 e. The van der Waals surface area contributed by atoms with Crippen LogP contribution in [0.2, 0.25) is 0 Å². The summed E-state index contributed by atoms with van der Waals surface area (Å²) in [6.07, 6.45) is 4.32. The lowest BCUT2D eigenvalue weighted by molar-refractivity contribution is -0.115. The van der Waals surface area contributed by atoms with E-state index < -0.39 is 10.0 Å². The molecule has 1 aliphatic heterocycles. The molecule has 2 aromatic carbocycles. The monoisotopic (exact) mass is 458 g/mol. The van der Waals surface area contributed by atoms with Crippen LogP contribution in [0.25, 0.3) is 11.0 Å². The third-order valence-electron chi connectivity index (χ3n) is 5.59. The van der Waals surface area contributed by atoms with Gasteiger partial charge in [-0.15, -0.1) is 0 Å². The molecule has 0 aliphatic carbocycles. The highest BCUT2D eigenvalue weighted by molar-refractivity contribution is 7.89. The maximum atomic E-state index is 13.2. The Kier molecular flexibility index (Phi) is 6.38. The van der Waals surface area contributed by atoms with Gasteiger partial charge >= 0.3 is 0 Å². The van der Waals surface area contributed by atoms with Crippen molar-refractivity contribution < 1.29 is 27.1 Å². The number of hydrogen-bond donors (Lipinski definition) is 1. The summed E-state index contributed by atoms with van der Waals surface area (Å²) in [6, 6.07) is 10.1. The summed E-state index contributed by atoms with van der Waals surface area (Å²) in [5.41, 5.74) is 1.75. The number of methoxy groups -OCH3 is 2. The average molecular weight is 459 g/mol. The van der Waals surface area contributed by atoms with E-state index in [1.54, 1.807) is 37.6 Å². The van der Waals surface area contributed by atoms with Crippen LogP contribution >= 0.6 is 0 Å². The number of carbonyl (C=O) groups is 1. The van der Waals surface area contributed by atoms with Gasteiger partial charge in [0.25, 0.3) is 0 Å². The van der Waals surface area contributed by atoms with Gasteiger partial charge in [-0.1, -0.05) is 6.42 Å². The van der Waals surface area contributed by atoms with Crippen LogP contribution in [0.1, 0.15) is 24.8 Å². The van der Waals surface area contributed by atoms with Gasteiger partial charge in [-0.25, -0.2) is 8.42 Å². The first-order valence-electron chi connectivity index (χ1n) is 10.4. The van der Waals surface area contributed by atoms with E-state index in [0.29, 0.717) is 30.1 Å². The van der Waals surface area contributed by atoms with Gasteiger partial charge < -0.3 is 19.2 Å². The quantitative estimate of drug-likeness (QED) is 0.578. The lowest BCUT2D eigenvalue weighted by atomic mass is 10.1. The summed E-state index contributed by atoms with van der Waals surface area (Å²) in [5, 5.41) is 3.61. The van der Waals surface area contributed by atoms with Crippen molar-refractivity contribution in [3.8, 4) is 11.5 Å². The second-order valence-electron chi connectivity index (χ2n) is 7.68. The Labute approximate surface area is 187 Å². The van der Waals surface area contributed by atoms with Gasteiger partial charge in [0.15, 0.2) is 0 Å². The van der Waals surface area contributed by atoms with Crippen molar-refractivity contribution in [2.75, 3.05) is 32.6 Å². The standard InChI is InChI=1S/C23H26N2O6S/c1-29-18-7-8-19-16(15-31-21(19)14-18)12-23(26)24-17-6-9-20(30-2)22(13-17)32(27,28)25-10-4-3-5-11-25/h6-9,13-15H,3-5,10-12H2,1-2H3,(H,24,26). The number of nitrogens with zero attached hydrogens (tertiary/aromatic N) is 1. The van der Waals surface area contributed by atoms with E-state index in [-0.39, 0.29) is 23.0 Å². The van der Waals surface area contributed by atoms with Gasteiger partial charge in [0.2, 0.25) is 15.9 Å². The number of furan rings is 1. The summed E-state index contributed by atoms with van der Waals surface area (Å²) in [6.45, 7) is 0.973. The van der Waals surface area contributed by atoms with Crippen LogP contribution in [0.5, 0.6) is 11.5 Å². The number of nitrogens with one attached hydrogen (secondary N) is 1. The Balaban J connectivity index is 1.54. The summed E-state index contributed by atoms with van der Waals surface area (Å²) in [4.78, 5) is 12.8. The van der Waals surface area contributed by atoms with Crippen molar-refractivity contribution in [1.29, 1.82) is 0 Å². The number of amides is 1. The van der Waals surface area contributed by atoms with Gasteiger partial charge in [0.05, 0.1) is 26.9 Å². The van der Waals surface area contributed by atoms with E-state index in [9.17, 15) is 13.2 Å². The molecule has 32 heavy (non-hydrogen) atoms. The van der Waals surface area contributed by atoms with Gasteiger partial charge in [0.1, 0.15) is 22.0 Å². The van der Waals surface area contributed by atoms with E-state index in [4.69, 9.17) is 13.9 Å². The van der Waals surface area contributed by atoms with Crippen molar-refractivity contribution in [2.24, 2.45) is 0 Å². The first-order chi connectivity index (χ1) is 15.4. The zero-order chi connectivity index (χ0) is 22.7. The van der Waals surface area contributed by atoms with Crippen molar-refractivity contribution >= 4 is 32.6 Å². The molecule has 0 unspecified atom stereocenters. The predicted octanol–water partition coefficient (Wildman–Crippen LogP) is 3.81. The van der Waals surface area contributed by atoms with E-state index >= 15 is 0 Å². The number of ether oxygens (including phenoxy) is 2. The minimum atomic E-state index is -3.72. The van der Waals surface area contributed by atoms with E-state index in [2.05, 4.69) is 5.32 Å². The number of carbonyl (C=O) groups excluding carboxylic acids is 1. The Bertz CT molecular complexity index is 1230. The molecular weight excluding hydrogens is 432 g/mol. The molecule has 1 fully saturated rings. The van der Waals surface area contributed by atoms with E-state index in [1.165, 1.54) is 17.5 Å². The first kappa shape index (κ1) is 22.2. The summed E-state index contributed by atoms with van der Waals surface area (Å²) in [7, 11) is -0.709. The SMILES string of the molecule is COc1ccc2c(CC(=O)Nc3ccc(OC)c(S(=O)(=O)N4CCCCC4)c3)coc2c1. The highest BCUT2D eigenvalue weighted by Crippen LogP contribution is 2.31. The highest BCUT2D eigenvalue weighted by atomic mass is 32.2. The molecule has 0 spiro atoms. The van der Waals surface area contributed by atoms with Crippen molar-refractivity contribution in [2.45, 2.75) is 30.6 Å². The van der Waals surface area contributed by atoms with Gasteiger partial charge in [-0.3, -0.25) is 4.79 Å². The maximum absolute atomic E-state index is 13.2. The second-order valence-corrected chi connectivity index (χ2v) is 9.58. The minimum absolute atomic E-state index is 0.0561. The van der Waals surface area contributed by atoms with Gasteiger partial charge in [-0.05, 0) is 43.2 Å². The molecule has 1 N–H and O–H groups in total. The van der Waals surface area contributed by atoms with E-state index in [1.807, 2.05) is 6.07 Å². The fraction of sp³-hybridized carbons (Fsp3) is 0.348. The van der Waals surface area contributed by atoms with Crippen LogP contribution in [0.4, 0.5) is 5.69 Å². The molecule has 1 amide bonds. The molecule has 1 aliphatic rings. The van der Waals surface area contributed by atoms with Crippen molar-refractivity contribution in [3.63, 3.8) is 0 Å². The Morgan fingerprint density at radius 3 is 2.56 bits per heavy atom. The zero-order valence-corrected chi connectivity index (χ0v) is 18.9. The molecule has 4 rings (SSSR count). The molecule has 9 heteroatoms. The molecule has 0 bridgehead atoms. The number of hydrogen-bond acceptors (Lipinski definition) is 6. The molecular formula is C23H26N2O6S. The predicted molar refractivity (Wildman–Crippen MR) is 121 cm³/mol. The number of sulfonamides is 1. The van der Waals surface area contributed by atoms with Crippen LogP contribution in [-0.2, 0) is 21.2 Å². The number of anilines is 1. The van der Waals surface area contributed by atoms with Crippen molar-refractivity contribution in [3.05, 3.63) is 48.2 Å². The molecule has 1 aromatic heterocycles. The van der Waals surface area contributed by atoms with Gasteiger partial charge in [0, 0.05) is 35.8 Å². The Morgan fingerprint density at radius 2 is 1.84 bits per heavy atom.